The second-order valence-electron chi connectivity index (χ2n) is 8.27. The minimum Gasteiger partial charge on any atom is -0.350 e. The summed E-state index contributed by atoms with van der Waals surface area (Å²) in [6.45, 7) is 9.29. The fraction of sp³-hybridized carbons (Fsp3) is 0.591. The van der Waals surface area contributed by atoms with Crippen LogP contribution in [0.3, 0.4) is 0 Å². The zero-order valence-corrected chi connectivity index (χ0v) is 20.6. The molecule has 2 aromatic rings. The molecule has 2 saturated heterocycles. The summed E-state index contributed by atoms with van der Waals surface area (Å²) in [7, 11) is 2.00. The van der Waals surface area contributed by atoms with Crippen LogP contribution in [0.25, 0.3) is 0 Å². The van der Waals surface area contributed by atoms with Crippen molar-refractivity contribution in [1.82, 2.24) is 29.9 Å². The Balaban J connectivity index is 0.00000256. The molecule has 164 valence electrons. The van der Waals surface area contributed by atoms with Crippen LogP contribution in [0.4, 0.5) is 0 Å². The lowest BCUT2D eigenvalue weighted by Crippen LogP contribution is -2.43. The Hall–Kier alpha value is -1.68. The molecule has 1 N–H and O–H groups in total. The fourth-order valence-electron chi connectivity index (χ4n) is 4.33. The van der Waals surface area contributed by atoms with Gasteiger partial charge in [-0.1, -0.05) is 30.3 Å². The first kappa shape index (κ1) is 23.0. The predicted molar refractivity (Wildman–Crippen MR) is 131 cm³/mol. The lowest BCUT2D eigenvalue weighted by Gasteiger charge is -2.27. The first-order chi connectivity index (χ1) is 14.1. The monoisotopic (exact) mass is 523 g/mol. The lowest BCUT2D eigenvalue weighted by molar-refractivity contribution is 0.249. The van der Waals surface area contributed by atoms with Crippen LogP contribution >= 0.6 is 24.0 Å². The molecule has 2 aliphatic rings. The van der Waals surface area contributed by atoms with E-state index in [0.717, 1.165) is 30.7 Å². The fourth-order valence-corrected chi connectivity index (χ4v) is 4.33. The number of aliphatic imine (C=N–C) groups is 1. The molecule has 0 bridgehead atoms. The van der Waals surface area contributed by atoms with Gasteiger partial charge in [0.15, 0.2) is 11.8 Å². The molecule has 2 unspecified atom stereocenters. The van der Waals surface area contributed by atoms with E-state index in [4.69, 9.17) is 4.99 Å². The summed E-state index contributed by atoms with van der Waals surface area (Å²) in [5.74, 6) is 2.78. The van der Waals surface area contributed by atoms with E-state index in [1.54, 1.807) is 0 Å². The summed E-state index contributed by atoms with van der Waals surface area (Å²) < 4.78 is 2.01. The second-order valence-corrected chi connectivity index (χ2v) is 8.27. The Labute approximate surface area is 197 Å². The molecule has 2 aliphatic heterocycles. The average Bonchev–Trinajstić information content (AvgIpc) is 3.49. The number of nitrogens with one attached hydrogen (secondary N) is 1. The molecule has 1 aromatic heterocycles. The van der Waals surface area contributed by atoms with Gasteiger partial charge in [-0.2, -0.15) is 0 Å². The number of hydrogen-bond acceptors (Lipinski definition) is 4. The van der Waals surface area contributed by atoms with Crippen molar-refractivity contribution < 1.29 is 0 Å². The minimum absolute atomic E-state index is 0. The van der Waals surface area contributed by atoms with Crippen LogP contribution in [-0.2, 0) is 13.6 Å². The van der Waals surface area contributed by atoms with Crippen LogP contribution in [0.5, 0.6) is 0 Å². The van der Waals surface area contributed by atoms with E-state index in [-0.39, 0.29) is 30.0 Å². The van der Waals surface area contributed by atoms with Crippen LogP contribution < -0.4 is 5.32 Å². The normalized spacial score (nSPS) is 21.0. The zero-order valence-electron chi connectivity index (χ0n) is 18.3. The average molecular weight is 523 g/mol. The maximum atomic E-state index is 4.97. The minimum atomic E-state index is 0. The van der Waals surface area contributed by atoms with Gasteiger partial charge < -0.3 is 14.8 Å². The van der Waals surface area contributed by atoms with E-state index in [1.165, 1.54) is 37.9 Å². The number of likely N-dealkylation sites (tertiary alicyclic amines) is 2. The number of aryl methyl sites for hydroxylation is 1. The highest BCUT2D eigenvalue weighted by Gasteiger charge is 2.31. The Kier molecular flexibility index (Phi) is 8.10. The first-order valence-electron chi connectivity index (χ1n) is 10.8. The maximum Gasteiger partial charge on any atom is 0.194 e. The highest BCUT2D eigenvalue weighted by atomic mass is 127. The first-order valence-corrected chi connectivity index (χ1v) is 10.8. The van der Waals surface area contributed by atoms with Gasteiger partial charge in [0.1, 0.15) is 12.4 Å². The second kappa shape index (κ2) is 10.6. The van der Waals surface area contributed by atoms with Crippen molar-refractivity contribution in [2.45, 2.75) is 51.7 Å². The van der Waals surface area contributed by atoms with Crippen LogP contribution in [0.1, 0.15) is 49.4 Å². The van der Waals surface area contributed by atoms with Gasteiger partial charge in [-0.05, 0) is 51.8 Å². The van der Waals surface area contributed by atoms with Crippen LogP contribution in [0.15, 0.2) is 35.3 Å². The van der Waals surface area contributed by atoms with Gasteiger partial charge in [-0.15, -0.1) is 34.2 Å². The van der Waals surface area contributed by atoms with E-state index in [0.29, 0.717) is 12.6 Å². The summed E-state index contributed by atoms with van der Waals surface area (Å²) in [5.41, 5.74) is 1.27. The van der Waals surface area contributed by atoms with E-state index < -0.39 is 0 Å². The zero-order chi connectivity index (χ0) is 20.2. The predicted octanol–water partition coefficient (Wildman–Crippen LogP) is 3.12. The van der Waals surface area contributed by atoms with Crippen molar-refractivity contribution in [3.63, 3.8) is 0 Å². The lowest BCUT2D eigenvalue weighted by atomic mass is 10.1. The highest BCUT2D eigenvalue weighted by Crippen LogP contribution is 2.21. The number of benzene rings is 1. The Bertz CT molecular complexity index is 829. The molecule has 8 heteroatoms. The topological polar surface area (TPSA) is 61.6 Å². The molecule has 2 atom stereocenters. The van der Waals surface area contributed by atoms with Crippen molar-refractivity contribution in [2.75, 3.05) is 26.2 Å². The van der Waals surface area contributed by atoms with E-state index >= 15 is 0 Å². The number of nitrogens with zero attached hydrogens (tertiary/aromatic N) is 6. The van der Waals surface area contributed by atoms with Crippen molar-refractivity contribution >= 4 is 29.9 Å². The number of aromatic nitrogens is 3. The Morgan fingerprint density at radius 1 is 1.17 bits per heavy atom. The van der Waals surface area contributed by atoms with Gasteiger partial charge in [0.25, 0.3) is 0 Å². The van der Waals surface area contributed by atoms with Crippen molar-refractivity contribution in [3.8, 4) is 0 Å². The summed E-state index contributed by atoms with van der Waals surface area (Å²) in [5, 5.41) is 12.1. The third-order valence-corrected chi connectivity index (χ3v) is 6.32. The molecule has 4 rings (SSSR count). The van der Waals surface area contributed by atoms with E-state index in [2.05, 4.69) is 62.6 Å². The molecular formula is C22H34IN7. The standard InChI is InChI=1S/C22H33N7.HI/c1-17(19-9-5-4-6-10-19)24-22(23-15-21-26-25-18(2)27(21)3)29-14-11-20(16-29)28-12-7-8-13-28;/h4-6,9-10,17,20H,7-8,11-16H2,1-3H3,(H,23,24);1H. The molecule has 0 aliphatic carbocycles. The van der Waals surface area contributed by atoms with Gasteiger partial charge >= 0.3 is 0 Å². The molecule has 30 heavy (non-hydrogen) atoms. The summed E-state index contributed by atoms with van der Waals surface area (Å²) in [6, 6.07) is 11.4. The Morgan fingerprint density at radius 2 is 1.90 bits per heavy atom. The SMILES string of the molecule is Cc1nnc(CN=C(NC(C)c2ccccc2)N2CCC(N3CCCC3)C2)n1C.I. The molecule has 1 aromatic carbocycles. The molecule has 0 radical (unpaired) electrons. The number of hydrogen-bond donors (Lipinski definition) is 1. The summed E-state index contributed by atoms with van der Waals surface area (Å²) in [6.07, 6.45) is 3.89. The van der Waals surface area contributed by atoms with Gasteiger partial charge in [0.2, 0.25) is 0 Å². The molecule has 2 fully saturated rings. The van der Waals surface area contributed by atoms with Gasteiger partial charge in [-0.3, -0.25) is 4.90 Å². The third-order valence-electron chi connectivity index (χ3n) is 6.32. The smallest absolute Gasteiger partial charge is 0.194 e. The van der Waals surface area contributed by atoms with Crippen molar-refractivity contribution in [3.05, 3.63) is 47.5 Å². The van der Waals surface area contributed by atoms with Crippen LogP contribution in [0, 0.1) is 6.92 Å². The van der Waals surface area contributed by atoms with E-state index in [9.17, 15) is 0 Å². The van der Waals surface area contributed by atoms with Gasteiger partial charge in [-0.25, -0.2) is 4.99 Å². The largest absolute Gasteiger partial charge is 0.350 e. The summed E-state index contributed by atoms with van der Waals surface area (Å²) >= 11 is 0. The molecular weight excluding hydrogens is 489 g/mol. The van der Waals surface area contributed by atoms with Crippen LogP contribution in [0.2, 0.25) is 0 Å². The number of halogens is 1. The molecule has 0 amide bonds. The molecule has 3 heterocycles. The van der Waals surface area contributed by atoms with Gasteiger partial charge in [0, 0.05) is 26.2 Å². The summed E-state index contributed by atoms with van der Waals surface area (Å²) in [4.78, 5) is 10.0. The van der Waals surface area contributed by atoms with E-state index in [1.807, 2.05) is 18.5 Å². The number of guanidine groups is 1. The molecule has 0 saturated carbocycles. The quantitative estimate of drug-likeness (QED) is 0.371. The highest BCUT2D eigenvalue weighted by molar-refractivity contribution is 14.0. The Morgan fingerprint density at radius 3 is 2.57 bits per heavy atom. The third kappa shape index (κ3) is 5.32. The van der Waals surface area contributed by atoms with Crippen molar-refractivity contribution in [2.24, 2.45) is 12.0 Å². The maximum absolute atomic E-state index is 4.97. The van der Waals surface area contributed by atoms with Gasteiger partial charge in [0.05, 0.1) is 6.04 Å². The van der Waals surface area contributed by atoms with Crippen LogP contribution in [-0.4, -0.2) is 62.7 Å². The molecule has 0 spiro atoms. The molecule has 7 nitrogen and oxygen atoms in total. The van der Waals surface area contributed by atoms with Crippen molar-refractivity contribution in [1.29, 1.82) is 0 Å². The number of rotatable bonds is 5.